The third kappa shape index (κ3) is 3.21. The normalized spacial score (nSPS) is 14.9. The third-order valence-electron chi connectivity index (χ3n) is 3.47. The number of amides is 1. The molecule has 0 unspecified atom stereocenters. The van der Waals surface area contributed by atoms with Crippen LogP contribution < -0.4 is 10.2 Å². The van der Waals surface area contributed by atoms with Crippen molar-refractivity contribution < 1.29 is 13.6 Å². The van der Waals surface area contributed by atoms with Crippen LogP contribution in [0.5, 0.6) is 0 Å². The maximum atomic E-state index is 13.1. The van der Waals surface area contributed by atoms with Crippen LogP contribution >= 0.6 is 0 Å². The molecule has 8 heteroatoms. The fourth-order valence-corrected chi connectivity index (χ4v) is 2.41. The topological polar surface area (TPSA) is 73.9 Å². The standard InChI is InChI=1S/C14H15F2N5O/c15-10-6-9(7-11(16)8-10)12(22)17-13-18-14(20-19-13)21-4-2-1-3-5-21/h6-8H,1-5H2,(H2,17,18,19,20,22). The van der Waals surface area contributed by atoms with Crippen molar-refractivity contribution >= 4 is 17.8 Å². The summed E-state index contributed by atoms with van der Waals surface area (Å²) >= 11 is 0. The minimum Gasteiger partial charge on any atom is -0.340 e. The maximum Gasteiger partial charge on any atom is 0.258 e. The second-order valence-corrected chi connectivity index (χ2v) is 5.14. The highest BCUT2D eigenvalue weighted by atomic mass is 19.1. The van der Waals surface area contributed by atoms with Crippen LogP contribution in [0.1, 0.15) is 29.6 Å². The highest BCUT2D eigenvalue weighted by Gasteiger charge is 2.17. The Morgan fingerprint density at radius 1 is 1.14 bits per heavy atom. The van der Waals surface area contributed by atoms with Crippen molar-refractivity contribution in [1.82, 2.24) is 15.2 Å². The van der Waals surface area contributed by atoms with Crippen molar-refractivity contribution in [2.75, 3.05) is 23.3 Å². The lowest BCUT2D eigenvalue weighted by atomic mass is 10.1. The third-order valence-corrected chi connectivity index (χ3v) is 3.47. The second kappa shape index (κ2) is 6.08. The second-order valence-electron chi connectivity index (χ2n) is 5.14. The molecule has 0 atom stereocenters. The Morgan fingerprint density at radius 3 is 2.50 bits per heavy atom. The summed E-state index contributed by atoms with van der Waals surface area (Å²) in [6, 6.07) is 2.63. The van der Waals surface area contributed by atoms with Crippen LogP contribution in [0.2, 0.25) is 0 Å². The fraction of sp³-hybridized carbons (Fsp3) is 0.357. The van der Waals surface area contributed by atoms with Crippen molar-refractivity contribution in [3.8, 4) is 0 Å². The Morgan fingerprint density at radius 2 is 1.82 bits per heavy atom. The number of hydrogen-bond acceptors (Lipinski definition) is 4. The van der Waals surface area contributed by atoms with E-state index in [0.717, 1.165) is 38.1 Å². The molecule has 1 aliphatic heterocycles. The van der Waals surface area contributed by atoms with Gasteiger partial charge >= 0.3 is 0 Å². The highest BCUT2D eigenvalue weighted by molar-refractivity contribution is 6.03. The van der Waals surface area contributed by atoms with Crippen molar-refractivity contribution in [3.63, 3.8) is 0 Å². The van der Waals surface area contributed by atoms with Gasteiger partial charge in [0, 0.05) is 24.7 Å². The summed E-state index contributed by atoms with van der Waals surface area (Å²) in [6.07, 6.45) is 3.35. The summed E-state index contributed by atoms with van der Waals surface area (Å²) in [6.45, 7) is 1.75. The van der Waals surface area contributed by atoms with E-state index >= 15 is 0 Å². The zero-order chi connectivity index (χ0) is 15.5. The molecular formula is C14H15F2N5O. The molecule has 3 rings (SSSR count). The Bertz CT molecular complexity index is 661. The number of carbonyl (C=O) groups excluding carboxylic acids is 1. The van der Waals surface area contributed by atoms with E-state index in [-0.39, 0.29) is 11.5 Å². The van der Waals surface area contributed by atoms with E-state index in [1.165, 1.54) is 6.42 Å². The Labute approximate surface area is 125 Å². The molecule has 2 aromatic rings. The van der Waals surface area contributed by atoms with E-state index in [1.54, 1.807) is 0 Å². The van der Waals surface area contributed by atoms with Gasteiger partial charge in [-0.05, 0) is 31.4 Å². The monoisotopic (exact) mass is 307 g/mol. The highest BCUT2D eigenvalue weighted by Crippen LogP contribution is 2.17. The van der Waals surface area contributed by atoms with E-state index in [2.05, 4.69) is 20.5 Å². The summed E-state index contributed by atoms with van der Waals surface area (Å²) in [5.74, 6) is -1.61. The summed E-state index contributed by atoms with van der Waals surface area (Å²) in [7, 11) is 0. The number of rotatable bonds is 3. The van der Waals surface area contributed by atoms with Crippen LogP contribution in [-0.4, -0.2) is 34.2 Å². The van der Waals surface area contributed by atoms with Crippen molar-refractivity contribution in [3.05, 3.63) is 35.4 Å². The first-order chi connectivity index (χ1) is 10.6. The number of aromatic nitrogens is 3. The van der Waals surface area contributed by atoms with Gasteiger partial charge < -0.3 is 4.90 Å². The largest absolute Gasteiger partial charge is 0.340 e. The summed E-state index contributed by atoms with van der Waals surface area (Å²) in [4.78, 5) is 18.2. The van der Waals surface area contributed by atoms with Crippen molar-refractivity contribution in [1.29, 1.82) is 0 Å². The van der Waals surface area contributed by atoms with Gasteiger partial charge in [-0.25, -0.2) is 13.9 Å². The molecule has 0 bridgehead atoms. The Kier molecular flexibility index (Phi) is 3.99. The number of anilines is 2. The number of hydrogen-bond donors (Lipinski definition) is 2. The van der Waals surface area contributed by atoms with Crippen molar-refractivity contribution in [2.45, 2.75) is 19.3 Å². The van der Waals surface area contributed by atoms with Gasteiger partial charge in [0.2, 0.25) is 11.9 Å². The van der Waals surface area contributed by atoms with E-state index in [1.807, 2.05) is 4.90 Å². The van der Waals surface area contributed by atoms with Gasteiger partial charge in [-0.15, -0.1) is 5.10 Å². The number of nitrogens with one attached hydrogen (secondary N) is 2. The van der Waals surface area contributed by atoms with Gasteiger partial charge in [0.15, 0.2) is 0 Å². The number of piperidine rings is 1. The van der Waals surface area contributed by atoms with Crippen LogP contribution in [-0.2, 0) is 0 Å². The van der Waals surface area contributed by atoms with E-state index in [9.17, 15) is 13.6 Å². The van der Waals surface area contributed by atoms with Gasteiger partial charge in [0.05, 0.1) is 0 Å². The number of aromatic amines is 1. The predicted molar refractivity (Wildman–Crippen MR) is 76.8 cm³/mol. The fourth-order valence-electron chi connectivity index (χ4n) is 2.41. The lowest BCUT2D eigenvalue weighted by Gasteiger charge is -2.24. The molecule has 1 fully saturated rings. The van der Waals surface area contributed by atoms with Gasteiger partial charge in [0.25, 0.3) is 5.91 Å². The quantitative estimate of drug-likeness (QED) is 0.912. The van der Waals surface area contributed by atoms with E-state index < -0.39 is 17.5 Å². The van der Waals surface area contributed by atoms with E-state index in [0.29, 0.717) is 12.0 Å². The predicted octanol–water partition coefficient (Wildman–Crippen LogP) is 2.33. The summed E-state index contributed by atoms with van der Waals surface area (Å²) in [5.41, 5.74) is -0.117. The molecule has 0 aliphatic carbocycles. The molecule has 0 radical (unpaired) electrons. The molecule has 1 amide bonds. The maximum absolute atomic E-state index is 13.1. The number of halogens is 2. The number of carbonyl (C=O) groups is 1. The Hall–Kier alpha value is -2.51. The van der Waals surface area contributed by atoms with Gasteiger partial charge in [0.1, 0.15) is 11.6 Å². The first-order valence-corrected chi connectivity index (χ1v) is 7.06. The molecule has 1 aromatic carbocycles. The number of H-pyrrole nitrogens is 1. The molecule has 6 nitrogen and oxygen atoms in total. The summed E-state index contributed by atoms with van der Waals surface area (Å²) < 4.78 is 26.2. The zero-order valence-corrected chi connectivity index (χ0v) is 11.8. The first kappa shape index (κ1) is 14.4. The molecule has 1 aliphatic rings. The molecule has 1 aromatic heterocycles. The van der Waals surface area contributed by atoms with E-state index in [4.69, 9.17) is 0 Å². The van der Waals surface area contributed by atoms with Crippen LogP contribution in [0, 0.1) is 11.6 Å². The van der Waals surface area contributed by atoms with Crippen LogP contribution in [0.3, 0.4) is 0 Å². The zero-order valence-electron chi connectivity index (χ0n) is 11.8. The molecular weight excluding hydrogens is 292 g/mol. The van der Waals surface area contributed by atoms with Gasteiger partial charge in [-0.2, -0.15) is 4.98 Å². The molecule has 0 spiro atoms. The first-order valence-electron chi connectivity index (χ1n) is 7.06. The molecule has 0 saturated carbocycles. The van der Waals surface area contributed by atoms with Crippen molar-refractivity contribution in [2.24, 2.45) is 0 Å². The minimum absolute atomic E-state index is 0.117. The van der Waals surface area contributed by atoms with Gasteiger partial charge in [-0.3, -0.25) is 10.1 Å². The SMILES string of the molecule is O=C(Nc1nc(N2CCCCC2)n[nH]1)c1cc(F)cc(F)c1. The average Bonchev–Trinajstić information content (AvgIpc) is 2.95. The average molecular weight is 307 g/mol. The molecule has 2 N–H and O–H groups in total. The molecule has 22 heavy (non-hydrogen) atoms. The van der Waals surface area contributed by atoms with Gasteiger partial charge in [-0.1, -0.05) is 0 Å². The van der Waals surface area contributed by atoms with Crippen LogP contribution in [0.15, 0.2) is 18.2 Å². The molecule has 116 valence electrons. The Balaban J connectivity index is 1.70. The number of benzene rings is 1. The lowest BCUT2D eigenvalue weighted by Crippen LogP contribution is -2.30. The smallest absolute Gasteiger partial charge is 0.258 e. The van der Waals surface area contributed by atoms with Crippen LogP contribution in [0.4, 0.5) is 20.7 Å². The minimum atomic E-state index is -0.809. The van der Waals surface area contributed by atoms with Crippen LogP contribution in [0.25, 0.3) is 0 Å². The summed E-state index contributed by atoms with van der Waals surface area (Å²) in [5, 5.41) is 9.10. The number of nitrogens with zero attached hydrogens (tertiary/aromatic N) is 3. The molecule has 2 heterocycles. The molecule has 1 saturated heterocycles. The lowest BCUT2D eigenvalue weighted by molar-refractivity contribution is 0.102.